The highest BCUT2D eigenvalue weighted by atomic mass is 16.2. The van der Waals surface area contributed by atoms with Crippen molar-refractivity contribution in [3.8, 4) is 0 Å². The van der Waals surface area contributed by atoms with Crippen LogP contribution in [-0.4, -0.2) is 97.7 Å². The van der Waals surface area contributed by atoms with Gasteiger partial charge in [0.2, 0.25) is 18.4 Å². The van der Waals surface area contributed by atoms with E-state index in [0.29, 0.717) is 25.7 Å². The molecule has 42 heavy (non-hydrogen) atoms. The summed E-state index contributed by atoms with van der Waals surface area (Å²) in [6.45, 7) is 16.7. The van der Waals surface area contributed by atoms with E-state index in [-0.39, 0.29) is 18.5 Å². The molecule has 3 aliphatic rings. The second-order valence-electron chi connectivity index (χ2n) is 11.8. The van der Waals surface area contributed by atoms with E-state index in [1.165, 1.54) is 34.5 Å². The minimum absolute atomic E-state index is 0.109. The van der Waals surface area contributed by atoms with E-state index in [1.54, 1.807) is 4.90 Å². The van der Waals surface area contributed by atoms with Crippen LogP contribution < -0.4 is 14.7 Å². The Morgan fingerprint density at radius 2 is 1.88 bits per heavy atom. The second-order valence-corrected chi connectivity index (χ2v) is 11.8. The number of anilines is 3. The normalized spacial score (nSPS) is 20.9. The highest BCUT2D eigenvalue weighted by Crippen LogP contribution is 2.35. The molecule has 2 aromatic carbocycles. The third-order valence-corrected chi connectivity index (χ3v) is 9.09. The SMILES string of the molecule is [C-]#[N+]C[C@H]1CN(c2nc(N3CCCC(N(C)C)C3)nc3c2CCN(c2cccc4ccccc24)C3)CCN1C(=O)C=C. The van der Waals surface area contributed by atoms with Crippen molar-refractivity contribution in [2.75, 3.05) is 74.6 Å². The molecule has 2 saturated heterocycles. The number of amides is 1. The number of carbonyl (C=O) groups is 1. The molecule has 0 radical (unpaired) electrons. The van der Waals surface area contributed by atoms with Crippen molar-refractivity contribution in [1.29, 1.82) is 0 Å². The summed E-state index contributed by atoms with van der Waals surface area (Å²) in [7, 11) is 4.30. The van der Waals surface area contributed by atoms with Crippen LogP contribution in [0.2, 0.25) is 0 Å². The van der Waals surface area contributed by atoms with E-state index < -0.39 is 0 Å². The standard InChI is InChI=1S/C33H40N8O/c1-5-31(42)41-19-18-39(22-26(41)20-34-2)32-28-15-17-38(30-14-8-11-24-10-6-7-13-27(24)30)23-29(28)35-33(36-32)40-16-9-12-25(21-40)37(3)4/h5-8,10-11,13-14,25-26H,1,9,12,15-23H2,3-4H3/t25?,26-/m0/s1. The number of benzene rings is 2. The number of hydrogen-bond donors (Lipinski definition) is 0. The molecule has 0 saturated carbocycles. The lowest BCUT2D eigenvalue weighted by Crippen LogP contribution is -2.56. The van der Waals surface area contributed by atoms with Crippen LogP contribution in [0, 0.1) is 6.57 Å². The molecule has 9 nitrogen and oxygen atoms in total. The monoisotopic (exact) mass is 564 g/mol. The Morgan fingerprint density at radius 3 is 2.69 bits per heavy atom. The molecule has 0 N–H and O–H groups in total. The van der Waals surface area contributed by atoms with E-state index in [2.05, 4.69) is 87.6 Å². The van der Waals surface area contributed by atoms with Crippen molar-refractivity contribution < 1.29 is 4.79 Å². The summed E-state index contributed by atoms with van der Waals surface area (Å²) in [5, 5.41) is 2.50. The zero-order chi connectivity index (χ0) is 29.2. The molecular formula is C33H40N8O. The van der Waals surface area contributed by atoms with Gasteiger partial charge in [-0.25, -0.2) is 11.6 Å². The Kier molecular flexibility index (Phi) is 7.98. The minimum Gasteiger partial charge on any atom is -0.365 e. The van der Waals surface area contributed by atoms with Gasteiger partial charge >= 0.3 is 0 Å². The maximum atomic E-state index is 12.6. The Balaban J connectivity index is 1.38. The first-order valence-electron chi connectivity index (χ1n) is 15.0. The molecule has 9 heteroatoms. The highest BCUT2D eigenvalue weighted by molar-refractivity contribution is 5.94. The first kappa shape index (κ1) is 28.0. The minimum atomic E-state index is -0.195. The molecule has 2 fully saturated rings. The van der Waals surface area contributed by atoms with E-state index in [1.807, 2.05) is 0 Å². The van der Waals surface area contributed by atoms with Gasteiger partial charge in [0.05, 0.1) is 12.2 Å². The largest absolute Gasteiger partial charge is 0.365 e. The fraction of sp³-hybridized carbons (Fsp3) is 0.455. The lowest BCUT2D eigenvalue weighted by molar-refractivity contribution is -0.128. The number of piperazine rings is 1. The number of likely N-dealkylation sites (N-methyl/N-ethyl adjacent to an activating group) is 1. The third kappa shape index (κ3) is 5.39. The molecule has 2 atom stereocenters. The predicted octanol–water partition coefficient (Wildman–Crippen LogP) is 3.85. The number of fused-ring (bicyclic) bond motifs is 2. The van der Waals surface area contributed by atoms with Crippen LogP contribution >= 0.6 is 0 Å². The lowest BCUT2D eigenvalue weighted by Gasteiger charge is -2.42. The van der Waals surface area contributed by atoms with E-state index in [9.17, 15) is 4.79 Å². The number of hydrogen-bond acceptors (Lipinski definition) is 7. The van der Waals surface area contributed by atoms with Gasteiger partial charge in [-0.2, -0.15) is 4.98 Å². The fourth-order valence-electron chi connectivity index (χ4n) is 6.77. The zero-order valence-corrected chi connectivity index (χ0v) is 24.7. The summed E-state index contributed by atoms with van der Waals surface area (Å²) >= 11 is 0. The lowest BCUT2D eigenvalue weighted by atomic mass is 10.0. The summed E-state index contributed by atoms with van der Waals surface area (Å²) in [5.41, 5.74) is 3.51. The number of piperidine rings is 1. The Labute approximate surface area is 248 Å². The molecule has 3 aromatic rings. The van der Waals surface area contributed by atoms with Gasteiger partial charge < -0.3 is 29.3 Å². The van der Waals surface area contributed by atoms with E-state index in [4.69, 9.17) is 16.5 Å². The number of aromatic nitrogens is 2. The highest BCUT2D eigenvalue weighted by Gasteiger charge is 2.35. The van der Waals surface area contributed by atoms with E-state index in [0.717, 1.165) is 56.5 Å². The quantitative estimate of drug-likeness (QED) is 0.333. The van der Waals surface area contributed by atoms with Crippen LogP contribution in [0.5, 0.6) is 0 Å². The van der Waals surface area contributed by atoms with Crippen molar-refractivity contribution in [2.45, 2.75) is 37.9 Å². The van der Waals surface area contributed by atoms with Crippen molar-refractivity contribution in [3.05, 3.63) is 77.8 Å². The van der Waals surface area contributed by atoms with Crippen LogP contribution in [0.4, 0.5) is 17.5 Å². The van der Waals surface area contributed by atoms with Crippen LogP contribution in [0.1, 0.15) is 24.1 Å². The van der Waals surface area contributed by atoms with Gasteiger partial charge in [-0.15, -0.1) is 0 Å². The maximum absolute atomic E-state index is 12.6. The van der Waals surface area contributed by atoms with Crippen LogP contribution in [0.15, 0.2) is 55.1 Å². The Bertz CT molecular complexity index is 1510. The average molecular weight is 565 g/mol. The fourth-order valence-corrected chi connectivity index (χ4v) is 6.77. The molecule has 0 aliphatic carbocycles. The van der Waals surface area contributed by atoms with Crippen molar-refractivity contribution in [1.82, 2.24) is 19.8 Å². The molecule has 1 unspecified atom stereocenters. The van der Waals surface area contributed by atoms with Crippen molar-refractivity contribution >= 4 is 34.1 Å². The van der Waals surface area contributed by atoms with Gasteiger partial charge in [-0.1, -0.05) is 43.0 Å². The Hall–Kier alpha value is -4.16. The van der Waals surface area contributed by atoms with Gasteiger partial charge in [0.1, 0.15) is 11.9 Å². The van der Waals surface area contributed by atoms with Crippen LogP contribution in [0.3, 0.4) is 0 Å². The molecule has 218 valence electrons. The van der Waals surface area contributed by atoms with Gasteiger partial charge in [-0.3, -0.25) is 4.79 Å². The van der Waals surface area contributed by atoms with Crippen LogP contribution in [-0.2, 0) is 17.8 Å². The smallest absolute Gasteiger partial charge is 0.246 e. The molecule has 1 aromatic heterocycles. The Morgan fingerprint density at radius 1 is 1.05 bits per heavy atom. The maximum Gasteiger partial charge on any atom is 0.246 e. The average Bonchev–Trinajstić information content (AvgIpc) is 3.03. The van der Waals surface area contributed by atoms with Gasteiger partial charge in [0.25, 0.3) is 0 Å². The molecule has 0 spiro atoms. The number of rotatable bonds is 6. The second kappa shape index (κ2) is 12.0. The third-order valence-electron chi connectivity index (χ3n) is 9.09. The van der Waals surface area contributed by atoms with Crippen molar-refractivity contribution in [3.63, 3.8) is 0 Å². The molecular weight excluding hydrogens is 524 g/mol. The van der Waals surface area contributed by atoms with Gasteiger partial charge in [-0.05, 0) is 50.9 Å². The predicted molar refractivity (Wildman–Crippen MR) is 169 cm³/mol. The summed E-state index contributed by atoms with van der Waals surface area (Å²) in [5.74, 6) is 1.66. The first-order chi connectivity index (χ1) is 20.5. The first-order valence-corrected chi connectivity index (χ1v) is 15.0. The molecule has 4 heterocycles. The van der Waals surface area contributed by atoms with Gasteiger partial charge in [0.15, 0.2) is 0 Å². The van der Waals surface area contributed by atoms with Crippen molar-refractivity contribution in [2.24, 2.45) is 0 Å². The zero-order valence-electron chi connectivity index (χ0n) is 24.7. The summed E-state index contributed by atoms with van der Waals surface area (Å²) in [4.78, 5) is 38.0. The van der Waals surface area contributed by atoms with E-state index >= 15 is 0 Å². The molecule has 0 bridgehead atoms. The molecule has 3 aliphatic heterocycles. The summed E-state index contributed by atoms with van der Waals surface area (Å²) in [6.07, 6.45) is 4.48. The molecule has 1 amide bonds. The number of nitrogens with zero attached hydrogens (tertiary/aromatic N) is 8. The van der Waals surface area contributed by atoms with Crippen LogP contribution in [0.25, 0.3) is 15.6 Å². The molecule has 6 rings (SSSR count). The number of carbonyl (C=O) groups excluding carboxylic acids is 1. The van der Waals surface area contributed by atoms with Gasteiger partial charge in [0, 0.05) is 61.9 Å². The summed E-state index contributed by atoms with van der Waals surface area (Å²) in [6, 6.07) is 15.4. The topological polar surface area (TPSA) is 63.4 Å². The summed E-state index contributed by atoms with van der Waals surface area (Å²) < 4.78 is 0.